The van der Waals surface area contributed by atoms with Crippen LogP contribution in [0.1, 0.15) is 80.2 Å². The summed E-state index contributed by atoms with van der Waals surface area (Å²) in [5, 5.41) is 12.5. The van der Waals surface area contributed by atoms with Crippen LogP contribution in [0.15, 0.2) is 30.3 Å². The number of hydrogen-bond donors (Lipinski definition) is 2. The Balaban J connectivity index is 0.00000544. The van der Waals surface area contributed by atoms with Gasteiger partial charge in [-0.2, -0.15) is 0 Å². The van der Waals surface area contributed by atoms with Crippen LogP contribution in [0.5, 0.6) is 5.88 Å². The Hall–Kier alpha value is -3.42. The molecule has 0 spiro atoms. The first-order valence-corrected chi connectivity index (χ1v) is 10.2. The van der Waals surface area contributed by atoms with E-state index < -0.39 is 17.5 Å². The van der Waals surface area contributed by atoms with Gasteiger partial charge in [-0.1, -0.05) is 34.3 Å². The van der Waals surface area contributed by atoms with Crippen molar-refractivity contribution in [2.75, 3.05) is 13.7 Å². The van der Waals surface area contributed by atoms with Crippen molar-refractivity contribution in [3.63, 3.8) is 0 Å². The van der Waals surface area contributed by atoms with Crippen LogP contribution in [0.25, 0.3) is 11.1 Å². The van der Waals surface area contributed by atoms with Crippen LogP contribution >= 0.6 is 0 Å². The first kappa shape index (κ1) is 27.6. The number of aromatic carboxylic acids is 1. The third kappa shape index (κ3) is 7.59. The Morgan fingerprint density at radius 2 is 1.61 bits per heavy atom. The summed E-state index contributed by atoms with van der Waals surface area (Å²) in [6.45, 7) is 11.6. The largest absolute Gasteiger partial charge is 0.481 e. The van der Waals surface area contributed by atoms with Gasteiger partial charge in [0.2, 0.25) is 5.88 Å². The highest BCUT2D eigenvalue weighted by Gasteiger charge is 2.25. The summed E-state index contributed by atoms with van der Waals surface area (Å²) in [6, 6.07) is 7.50. The monoisotopic (exact) mass is 458 g/mol. The topological polar surface area (TPSA) is 115 Å². The van der Waals surface area contributed by atoms with E-state index in [0.717, 1.165) is 0 Å². The number of pyridine rings is 1. The molecule has 0 radical (unpaired) electrons. The molecule has 1 aromatic heterocycles. The van der Waals surface area contributed by atoms with Crippen LogP contribution < -0.4 is 10.1 Å². The number of hydrogen-bond acceptors (Lipinski definition) is 6. The van der Waals surface area contributed by atoms with Gasteiger partial charge in [0, 0.05) is 23.7 Å². The average Bonchev–Trinajstić information content (AvgIpc) is 2.69. The quantitative estimate of drug-likeness (QED) is 0.596. The molecule has 0 aliphatic carbocycles. The van der Waals surface area contributed by atoms with E-state index in [0.29, 0.717) is 12.1 Å². The molecule has 180 valence electrons. The molecule has 1 amide bonds. The molecular weight excluding hydrogens is 424 g/mol. The van der Waals surface area contributed by atoms with Crippen LogP contribution in [0.2, 0.25) is 0 Å². The Labute approximate surface area is 195 Å². The molecule has 0 fully saturated rings. The van der Waals surface area contributed by atoms with E-state index in [4.69, 9.17) is 9.47 Å². The summed E-state index contributed by atoms with van der Waals surface area (Å²) >= 11 is 0. The van der Waals surface area contributed by atoms with Gasteiger partial charge in [-0.25, -0.2) is 14.6 Å². The number of nitrogens with one attached hydrogen (secondary N) is 1. The fourth-order valence-corrected chi connectivity index (χ4v) is 2.81. The maximum atomic E-state index is 13.0. The van der Waals surface area contributed by atoms with Gasteiger partial charge in [-0.05, 0) is 49.9 Å². The van der Waals surface area contributed by atoms with E-state index in [1.165, 1.54) is 37.4 Å². The summed E-state index contributed by atoms with van der Waals surface area (Å²) < 4.78 is 10.5. The number of ether oxygens (including phenoxy) is 2. The first-order valence-electron chi connectivity index (χ1n) is 10.2. The molecule has 1 aromatic carbocycles. The molecule has 0 aliphatic rings. The van der Waals surface area contributed by atoms with Gasteiger partial charge in [-0.3, -0.25) is 4.79 Å². The number of methoxy groups -OCH3 is 1. The molecule has 2 rings (SSSR count). The summed E-state index contributed by atoms with van der Waals surface area (Å²) in [7, 11) is 1.38. The Morgan fingerprint density at radius 1 is 1.00 bits per heavy atom. The highest BCUT2D eigenvalue weighted by atomic mass is 16.6. The molecule has 0 saturated carbocycles. The predicted molar refractivity (Wildman–Crippen MR) is 127 cm³/mol. The number of rotatable bonds is 6. The van der Waals surface area contributed by atoms with Gasteiger partial charge in [0.15, 0.2) is 5.69 Å². The van der Waals surface area contributed by atoms with Crippen molar-refractivity contribution in [1.29, 1.82) is 0 Å². The van der Waals surface area contributed by atoms with Crippen molar-refractivity contribution >= 4 is 17.8 Å². The third-order valence-corrected chi connectivity index (χ3v) is 4.25. The lowest BCUT2D eigenvalue weighted by molar-refractivity contribution is 0.00701. The predicted octanol–water partition coefficient (Wildman–Crippen LogP) is 4.82. The Bertz CT molecular complexity index is 1030. The molecule has 2 N–H and O–H groups in total. The number of carboxylic acid groups (broad SMARTS) is 1. The lowest BCUT2D eigenvalue weighted by Crippen LogP contribution is -2.32. The molecule has 0 bridgehead atoms. The molecular formula is C25H34N2O6. The number of benzene rings is 1. The van der Waals surface area contributed by atoms with Crippen molar-refractivity contribution in [2.24, 2.45) is 5.41 Å². The average molecular weight is 459 g/mol. The standard InChI is InChI=1S/C24H30N2O6.CH4/c1-23(2,3)13-25-20(27)14-8-9-15(17(12-14)22(30)32-24(4,5)6)16-10-11-18(31-7)26-19(16)21(28)29;/h8-12H,13H2,1-7H3,(H,25,27)(H,28,29);1H4. The number of esters is 1. The van der Waals surface area contributed by atoms with Crippen LogP contribution in [0.3, 0.4) is 0 Å². The minimum Gasteiger partial charge on any atom is -0.481 e. The zero-order valence-electron chi connectivity index (χ0n) is 19.5. The zero-order valence-corrected chi connectivity index (χ0v) is 19.5. The summed E-state index contributed by atoms with van der Waals surface area (Å²) in [6.07, 6.45) is 0. The van der Waals surface area contributed by atoms with Crippen molar-refractivity contribution in [3.8, 4) is 17.0 Å². The maximum absolute atomic E-state index is 13.0. The molecule has 0 unspecified atom stereocenters. The van der Waals surface area contributed by atoms with E-state index in [1.807, 2.05) is 20.8 Å². The number of nitrogens with zero attached hydrogens (tertiary/aromatic N) is 1. The number of amides is 1. The molecule has 0 saturated heterocycles. The van der Waals surface area contributed by atoms with E-state index >= 15 is 0 Å². The second-order valence-corrected chi connectivity index (χ2v) is 9.56. The van der Waals surface area contributed by atoms with Crippen LogP contribution in [0, 0.1) is 5.41 Å². The summed E-state index contributed by atoms with van der Waals surface area (Å²) in [5.41, 5.74) is -0.351. The second kappa shape index (κ2) is 10.5. The van der Waals surface area contributed by atoms with E-state index in [9.17, 15) is 19.5 Å². The SMILES string of the molecule is C.COc1ccc(-c2ccc(C(=O)NCC(C)(C)C)cc2C(=O)OC(C)(C)C)c(C(=O)O)n1. The van der Waals surface area contributed by atoms with E-state index in [2.05, 4.69) is 10.3 Å². The van der Waals surface area contributed by atoms with E-state index in [1.54, 1.807) is 20.8 Å². The fourth-order valence-electron chi connectivity index (χ4n) is 2.81. The van der Waals surface area contributed by atoms with Crippen LogP contribution in [-0.2, 0) is 4.74 Å². The molecule has 1 heterocycles. The van der Waals surface area contributed by atoms with Crippen LogP contribution in [-0.4, -0.2) is 47.2 Å². The van der Waals surface area contributed by atoms with Gasteiger partial charge < -0.3 is 19.9 Å². The number of carbonyl (C=O) groups excluding carboxylic acids is 2. The summed E-state index contributed by atoms with van der Waals surface area (Å²) in [4.78, 5) is 41.5. The highest BCUT2D eigenvalue weighted by Crippen LogP contribution is 2.30. The molecule has 33 heavy (non-hydrogen) atoms. The van der Waals surface area contributed by atoms with Crippen LogP contribution in [0.4, 0.5) is 0 Å². The lowest BCUT2D eigenvalue weighted by atomic mass is 9.95. The summed E-state index contributed by atoms with van der Waals surface area (Å²) in [5.74, 6) is -2.17. The molecule has 2 aromatic rings. The molecule has 0 atom stereocenters. The van der Waals surface area contributed by atoms with Crippen molar-refractivity contribution in [3.05, 3.63) is 47.2 Å². The van der Waals surface area contributed by atoms with Gasteiger partial charge in [0.1, 0.15) is 5.60 Å². The lowest BCUT2D eigenvalue weighted by Gasteiger charge is -2.22. The maximum Gasteiger partial charge on any atom is 0.355 e. The number of carbonyl (C=O) groups is 3. The highest BCUT2D eigenvalue weighted by molar-refractivity contribution is 6.04. The van der Waals surface area contributed by atoms with Gasteiger partial charge in [0.25, 0.3) is 5.91 Å². The number of aromatic nitrogens is 1. The fraction of sp³-hybridized carbons (Fsp3) is 0.440. The Morgan fingerprint density at radius 3 is 2.12 bits per heavy atom. The molecule has 0 aliphatic heterocycles. The smallest absolute Gasteiger partial charge is 0.355 e. The Kier molecular flexibility index (Phi) is 8.76. The van der Waals surface area contributed by atoms with Crippen molar-refractivity contribution in [2.45, 2.75) is 54.6 Å². The first-order chi connectivity index (χ1) is 14.7. The normalized spacial score (nSPS) is 11.2. The molecule has 8 heteroatoms. The van der Waals surface area contributed by atoms with Crippen molar-refractivity contribution in [1.82, 2.24) is 10.3 Å². The van der Waals surface area contributed by atoms with Gasteiger partial charge >= 0.3 is 11.9 Å². The second-order valence-electron chi connectivity index (χ2n) is 9.56. The minimum atomic E-state index is -1.28. The molecule has 8 nitrogen and oxygen atoms in total. The zero-order chi connectivity index (χ0) is 24.3. The third-order valence-electron chi connectivity index (χ3n) is 4.25. The van der Waals surface area contributed by atoms with Gasteiger partial charge in [0.05, 0.1) is 12.7 Å². The van der Waals surface area contributed by atoms with Gasteiger partial charge in [-0.15, -0.1) is 0 Å². The minimum absolute atomic E-state index is 0. The van der Waals surface area contributed by atoms with Crippen molar-refractivity contribution < 1.29 is 29.0 Å². The number of carboxylic acids is 1. The van der Waals surface area contributed by atoms with E-state index in [-0.39, 0.29) is 47.0 Å².